The Hall–Kier alpha value is -0.490. The van der Waals surface area contributed by atoms with E-state index in [-0.39, 0.29) is 5.38 Å². The van der Waals surface area contributed by atoms with Crippen LogP contribution < -0.4 is 0 Å². The molecule has 0 saturated carbocycles. The van der Waals surface area contributed by atoms with E-state index in [0.29, 0.717) is 10.0 Å². The van der Waals surface area contributed by atoms with E-state index in [0.717, 1.165) is 26.1 Å². The topological polar surface area (TPSA) is 17.8 Å². The smallest absolute Gasteiger partial charge is 0.132 e. The van der Waals surface area contributed by atoms with E-state index in [9.17, 15) is 0 Å². The Labute approximate surface area is 151 Å². The maximum Gasteiger partial charge on any atom is 0.132 e. The number of fused-ring (bicyclic) bond motifs is 1. The van der Waals surface area contributed by atoms with Gasteiger partial charge in [0.2, 0.25) is 0 Å². The lowest BCUT2D eigenvalue weighted by Crippen LogP contribution is -2.02. The van der Waals surface area contributed by atoms with E-state index >= 15 is 0 Å². The Balaban J connectivity index is 2.39. The maximum absolute atomic E-state index is 6.37. The molecule has 0 bridgehead atoms. The molecule has 108 valence electrons. The minimum atomic E-state index is -0.245. The van der Waals surface area contributed by atoms with Crippen molar-refractivity contribution in [1.29, 1.82) is 0 Å². The number of hydrogen-bond donors (Lipinski definition) is 0. The van der Waals surface area contributed by atoms with Crippen molar-refractivity contribution in [2.75, 3.05) is 0 Å². The van der Waals surface area contributed by atoms with E-state index in [2.05, 4.69) is 27.6 Å². The molecule has 0 fully saturated rings. The van der Waals surface area contributed by atoms with Crippen LogP contribution in [0.3, 0.4) is 0 Å². The molecule has 0 amide bonds. The van der Waals surface area contributed by atoms with Gasteiger partial charge in [-0.25, -0.2) is 4.98 Å². The van der Waals surface area contributed by atoms with Gasteiger partial charge in [-0.1, -0.05) is 29.3 Å². The van der Waals surface area contributed by atoms with Gasteiger partial charge in [0.1, 0.15) is 5.82 Å². The minimum absolute atomic E-state index is 0.245. The van der Waals surface area contributed by atoms with Gasteiger partial charge >= 0.3 is 0 Å². The van der Waals surface area contributed by atoms with Gasteiger partial charge < -0.3 is 0 Å². The second-order valence-electron chi connectivity index (χ2n) is 4.63. The molecule has 0 aliphatic heterocycles. The summed E-state index contributed by atoms with van der Waals surface area (Å²) in [5, 5.41) is 0.760. The van der Waals surface area contributed by atoms with Gasteiger partial charge in [-0.3, -0.25) is 4.57 Å². The lowest BCUT2D eigenvalue weighted by Gasteiger charge is -2.13. The zero-order valence-electron chi connectivity index (χ0n) is 10.9. The van der Waals surface area contributed by atoms with Crippen molar-refractivity contribution in [2.24, 2.45) is 0 Å². The van der Waals surface area contributed by atoms with Crippen LogP contribution in [-0.2, 0) is 0 Å². The lowest BCUT2D eigenvalue weighted by atomic mass is 10.2. The monoisotopic (exact) mass is 450 g/mol. The molecule has 1 unspecified atom stereocenters. The molecule has 0 aliphatic rings. The summed E-state index contributed by atoms with van der Waals surface area (Å²) in [5.74, 6) is 0.748. The molecule has 0 saturated heterocycles. The van der Waals surface area contributed by atoms with Crippen molar-refractivity contribution < 1.29 is 0 Å². The fourth-order valence-corrected chi connectivity index (χ4v) is 3.26. The van der Waals surface area contributed by atoms with Crippen molar-refractivity contribution in [3.8, 4) is 5.69 Å². The fourth-order valence-electron chi connectivity index (χ4n) is 2.26. The highest BCUT2D eigenvalue weighted by Crippen LogP contribution is 2.34. The van der Waals surface area contributed by atoms with Crippen LogP contribution in [0.2, 0.25) is 10.0 Å². The quantitative estimate of drug-likeness (QED) is 0.333. The summed E-state index contributed by atoms with van der Waals surface area (Å²) in [5.41, 5.74) is 2.64. The molecular weight excluding hydrogens is 441 g/mol. The average molecular weight is 452 g/mol. The number of aromatic nitrogens is 2. The standard InChI is InChI=1S/C15H10Cl3IN2/c1-8(16)15-20-11-7-9(19)5-6-12(11)21(15)13-4-2-3-10(17)14(13)18/h2-8H,1H3. The van der Waals surface area contributed by atoms with Crippen LogP contribution in [0.5, 0.6) is 0 Å². The molecule has 0 radical (unpaired) electrons. The van der Waals surface area contributed by atoms with Crippen LogP contribution in [-0.4, -0.2) is 9.55 Å². The van der Waals surface area contributed by atoms with Gasteiger partial charge in [0.15, 0.2) is 0 Å². The van der Waals surface area contributed by atoms with E-state index in [1.165, 1.54) is 0 Å². The van der Waals surface area contributed by atoms with Gasteiger partial charge in [-0.15, -0.1) is 11.6 Å². The van der Waals surface area contributed by atoms with E-state index in [1.54, 1.807) is 6.07 Å². The number of halogens is 4. The van der Waals surface area contributed by atoms with Crippen molar-refractivity contribution in [1.82, 2.24) is 9.55 Å². The van der Waals surface area contributed by atoms with E-state index in [1.807, 2.05) is 41.8 Å². The average Bonchev–Trinajstić information content (AvgIpc) is 2.80. The van der Waals surface area contributed by atoms with Crippen LogP contribution in [0.15, 0.2) is 36.4 Å². The fraction of sp³-hybridized carbons (Fsp3) is 0.133. The van der Waals surface area contributed by atoms with Crippen LogP contribution in [0.1, 0.15) is 18.1 Å². The number of hydrogen-bond acceptors (Lipinski definition) is 1. The number of nitrogens with zero attached hydrogens (tertiary/aromatic N) is 2. The molecule has 1 atom stereocenters. The third-order valence-electron chi connectivity index (χ3n) is 3.17. The summed E-state index contributed by atoms with van der Waals surface area (Å²) in [6.45, 7) is 1.89. The van der Waals surface area contributed by atoms with Gasteiger partial charge in [-0.2, -0.15) is 0 Å². The van der Waals surface area contributed by atoms with Crippen molar-refractivity contribution in [3.05, 3.63) is 55.8 Å². The Morgan fingerprint density at radius 3 is 2.67 bits per heavy atom. The summed E-state index contributed by atoms with van der Waals surface area (Å²) >= 11 is 21.1. The summed E-state index contributed by atoms with van der Waals surface area (Å²) in [4.78, 5) is 4.64. The first-order valence-electron chi connectivity index (χ1n) is 6.25. The number of imidazole rings is 1. The van der Waals surface area contributed by atoms with Gasteiger partial charge in [-0.05, 0) is 59.8 Å². The molecule has 6 heteroatoms. The molecule has 0 aliphatic carbocycles. The van der Waals surface area contributed by atoms with Gasteiger partial charge in [0.25, 0.3) is 0 Å². The molecule has 21 heavy (non-hydrogen) atoms. The predicted octanol–water partition coefficient (Wildman–Crippen LogP) is 6.24. The predicted molar refractivity (Wildman–Crippen MR) is 98.1 cm³/mol. The van der Waals surface area contributed by atoms with Crippen LogP contribution >= 0.6 is 57.4 Å². The Morgan fingerprint density at radius 2 is 1.95 bits per heavy atom. The second-order valence-corrected chi connectivity index (χ2v) is 7.31. The van der Waals surface area contributed by atoms with Crippen LogP contribution in [0, 0.1) is 3.57 Å². The van der Waals surface area contributed by atoms with E-state index < -0.39 is 0 Å². The van der Waals surface area contributed by atoms with Gasteiger partial charge in [0.05, 0.1) is 32.1 Å². The number of alkyl halides is 1. The molecule has 2 aromatic carbocycles. The summed E-state index contributed by atoms with van der Waals surface area (Å²) in [6, 6.07) is 11.6. The molecule has 2 nitrogen and oxygen atoms in total. The third-order valence-corrected chi connectivity index (χ3v) is 4.85. The highest BCUT2D eigenvalue weighted by molar-refractivity contribution is 14.1. The second kappa shape index (κ2) is 5.95. The maximum atomic E-state index is 6.37. The molecule has 1 heterocycles. The first-order valence-corrected chi connectivity index (χ1v) is 8.52. The summed E-state index contributed by atoms with van der Waals surface area (Å²) in [6.07, 6.45) is 0. The highest BCUT2D eigenvalue weighted by Gasteiger charge is 2.19. The Morgan fingerprint density at radius 1 is 1.19 bits per heavy atom. The SMILES string of the molecule is CC(Cl)c1nc2cc(I)ccc2n1-c1cccc(Cl)c1Cl. The van der Waals surface area contributed by atoms with Crippen molar-refractivity contribution in [3.63, 3.8) is 0 Å². The third kappa shape index (κ3) is 2.77. The van der Waals surface area contributed by atoms with Crippen LogP contribution in [0.25, 0.3) is 16.7 Å². The van der Waals surface area contributed by atoms with Gasteiger partial charge in [0, 0.05) is 3.57 Å². The summed E-state index contributed by atoms with van der Waals surface area (Å²) < 4.78 is 3.09. The minimum Gasteiger partial charge on any atom is -0.293 e. The summed E-state index contributed by atoms with van der Waals surface area (Å²) in [7, 11) is 0. The number of rotatable bonds is 2. The van der Waals surface area contributed by atoms with Crippen molar-refractivity contribution >= 4 is 68.4 Å². The lowest BCUT2D eigenvalue weighted by molar-refractivity contribution is 0.883. The highest BCUT2D eigenvalue weighted by atomic mass is 127. The van der Waals surface area contributed by atoms with Crippen LogP contribution in [0.4, 0.5) is 0 Å². The Kier molecular flexibility index (Phi) is 4.37. The largest absolute Gasteiger partial charge is 0.293 e. The number of benzene rings is 2. The molecular formula is C15H10Cl3IN2. The Bertz CT molecular complexity index is 827. The first-order chi connectivity index (χ1) is 9.99. The first kappa shape index (κ1) is 15.4. The normalized spacial score (nSPS) is 12.8. The molecule has 1 aromatic heterocycles. The van der Waals surface area contributed by atoms with Crippen molar-refractivity contribution in [2.45, 2.75) is 12.3 Å². The molecule has 0 spiro atoms. The molecule has 3 rings (SSSR count). The van der Waals surface area contributed by atoms with E-state index in [4.69, 9.17) is 34.8 Å². The zero-order valence-corrected chi connectivity index (χ0v) is 15.4. The zero-order chi connectivity index (χ0) is 15.1. The molecule has 0 N–H and O–H groups in total. The molecule has 3 aromatic rings.